The van der Waals surface area contributed by atoms with Crippen molar-refractivity contribution in [3.63, 3.8) is 0 Å². The van der Waals surface area contributed by atoms with E-state index in [0.717, 1.165) is 38.3 Å². The number of likely N-dealkylation sites (tertiary alicyclic amines) is 1. The molecular formula is C19H30N4O2. The van der Waals surface area contributed by atoms with E-state index in [4.69, 9.17) is 0 Å². The summed E-state index contributed by atoms with van der Waals surface area (Å²) in [5.74, 6) is 0.538. The van der Waals surface area contributed by atoms with Crippen molar-refractivity contribution in [2.45, 2.75) is 31.8 Å². The number of amides is 1. The van der Waals surface area contributed by atoms with Gasteiger partial charge in [-0.05, 0) is 45.5 Å². The average Bonchev–Trinajstić information content (AvgIpc) is 2.67. The minimum Gasteiger partial charge on any atom is -0.506 e. The number of nitrogens with one attached hydrogen (secondary N) is 1. The number of piperidine rings is 1. The Balaban J connectivity index is 1.55. The van der Waals surface area contributed by atoms with E-state index < -0.39 is 0 Å². The van der Waals surface area contributed by atoms with Gasteiger partial charge in [0.25, 0.3) is 0 Å². The van der Waals surface area contributed by atoms with Crippen molar-refractivity contribution in [1.29, 1.82) is 0 Å². The van der Waals surface area contributed by atoms with Crippen molar-refractivity contribution in [3.8, 4) is 5.75 Å². The number of rotatable bonds is 4. The van der Waals surface area contributed by atoms with Gasteiger partial charge in [-0.25, -0.2) is 0 Å². The van der Waals surface area contributed by atoms with Gasteiger partial charge < -0.3 is 20.2 Å². The summed E-state index contributed by atoms with van der Waals surface area (Å²) in [6.07, 6.45) is 2.33. The van der Waals surface area contributed by atoms with Crippen LogP contribution in [0.4, 0.5) is 5.69 Å². The number of aromatic hydroxyl groups is 1. The number of piperazine rings is 1. The molecule has 25 heavy (non-hydrogen) atoms. The van der Waals surface area contributed by atoms with E-state index in [1.807, 2.05) is 37.1 Å². The number of phenols is 1. The van der Waals surface area contributed by atoms with Gasteiger partial charge in [0.1, 0.15) is 5.75 Å². The van der Waals surface area contributed by atoms with Crippen molar-refractivity contribution < 1.29 is 9.90 Å². The topological polar surface area (TPSA) is 59.1 Å². The first-order valence-corrected chi connectivity index (χ1v) is 9.33. The second-order valence-electron chi connectivity index (χ2n) is 7.10. The highest BCUT2D eigenvalue weighted by atomic mass is 16.3. The van der Waals surface area contributed by atoms with Crippen LogP contribution in [0.5, 0.6) is 5.75 Å². The van der Waals surface area contributed by atoms with Gasteiger partial charge in [-0.1, -0.05) is 12.1 Å². The fourth-order valence-electron chi connectivity index (χ4n) is 3.91. The molecule has 2 N–H and O–H groups in total. The maximum atomic E-state index is 12.9. The Hall–Kier alpha value is -1.79. The lowest BCUT2D eigenvalue weighted by Crippen LogP contribution is -2.57. The zero-order chi connectivity index (χ0) is 17.8. The van der Waals surface area contributed by atoms with E-state index >= 15 is 0 Å². The van der Waals surface area contributed by atoms with Crippen molar-refractivity contribution in [1.82, 2.24) is 15.1 Å². The predicted molar refractivity (Wildman–Crippen MR) is 100 cm³/mol. The lowest BCUT2D eigenvalue weighted by atomic mass is 10.0. The summed E-state index contributed by atoms with van der Waals surface area (Å²) < 4.78 is 0. The quantitative estimate of drug-likeness (QED) is 0.855. The molecule has 138 valence electrons. The summed E-state index contributed by atoms with van der Waals surface area (Å²) in [5, 5.41) is 13.3. The average molecular weight is 346 g/mol. The van der Waals surface area contributed by atoms with E-state index in [9.17, 15) is 9.90 Å². The number of benzene rings is 1. The maximum Gasteiger partial charge on any atom is 0.239 e. The van der Waals surface area contributed by atoms with Gasteiger partial charge in [0.2, 0.25) is 5.91 Å². The van der Waals surface area contributed by atoms with Gasteiger partial charge in [0.15, 0.2) is 0 Å². The monoisotopic (exact) mass is 346 g/mol. The van der Waals surface area contributed by atoms with Crippen molar-refractivity contribution in [2.75, 3.05) is 51.2 Å². The number of para-hydroxylation sites is 2. The Morgan fingerprint density at radius 3 is 2.60 bits per heavy atom. The third kappa shape index (κ3) is 4.07. The van der Waals surface area contributed by atoms with Crippen LogP contribution in [-0.4, -0.2) is 79.2 Å². The molecule has 1 aromatic rings. The highest BCUT2D eigenvalue weighted by molar-refractivity contribution is 5.82. The van der Waals surface area contributed by atoms with Gasteiger partial charge in [0.05, 0.1) is 11.7 Å². The number of nitrogens with zero attached hydrogens (tertiary/aromatic N) is 3. The van der Waals surface area contributed by atoms with Crippen LogP contribution in [0.1, 0.15) is 19.8 Å². The number of hydrogen-bond acceptors (Lipinski definition) is 5. The van der Waals surface area contributed by atoms with E-state index in [1.54, 1.807) is 6.07 Å². The van der Waals surface area contributed by atoms with Crippen LogP contribution in [0.15, 0.2) is 24.3 Å². The summed E-state index contributed by atoms with van der Waals surface area (Å²) in [5.41, 5.74) is 0.857. The minimum absolute atomic E-state index is 0.0622. The Bertz CT molecular complexity index is 587. The molecule has 0 spiro atoms. The summed E-state index contributed by atoms with van der Waals surface area (Å²) in [4.78, 5) is 19.3. The molecule has 2 heterocycles. The Morgan fingerprint density at radius 2 is 1.92 bits per heavy atom. The standard InChI is InChI=1S/C19H30N4O2/c1-15(23-9-5-6-16(14-23)20-2)19(25)22-12-10-21(11-13-22)17-7-3-4-8-18(17)24/h3-4,7-8,15-16,20,24H,5-6,9-14H2,1-2H3. The molecule has 2 aliphatic heterocycles. The van der Waals surface area contributed by atoms with Crippen LogP contribution in [0.25, 0.3) is 0 Å². The SMILES string of the molecule is CNC1CCCN(C(C)C(=O)N2CCN(c3ccccc3O)CC2)C1. The molecular weight excluding hydrogens is 316 g/mol. The predicted octanol–water partition coefficient (Wildman–Crippen LogP) is 1.11. The van der Waals surface area contributed by atoms with Gasteiger partial charge in [-0.3, -0.25) is 9.69 Å². The normalized spacial score (nSPS) is 23.5. The molecule has 1 aromatic carbocycles. The molecule has 0 bridgehead atoms. The molecule has 0 aromatic heterocycles. The van der Waals surface area contributed by atoms with Gasteiger partial charge in [0, 0.05) is 38.8 Å². The van der Waals surface area contributed by atoms with Crippen LogP contribution in [0.2, 0.25) is 0 Å². The first kappa shape index (κ1) is 18.0. The van der Waals surface area contributed by atoms with Gasteiger partial charge in [-0.2, -0.15) is 0 Å². The third-order valence-corrected chi connectivity index (χ3v) is 5.58. The zero-order valence-electron chi connectivity index (χ0n) is 15.3. The fourth-order valence-corrected chi connectivity index (χ4v) is 3.91. The van der Waals surface area contributed by atoms with Crippen LogP contribution < -0.4 is 10.2 Å². The smallest absolute Gasteiger partial charge is 0.239 e. The van der Waals surface area contributed by atoms with Crippen molar-refractivity contribution in [2.24, 2.45) is 0 Å². The van der Waals surface area contributed by atoms with E-state index in [0.29, 0.717) is 24.9 Å². The molecule has 2 unspecified atom stereocenters. The number of anilines is 1. The molecule has 6 heteroatoms. The second kappa shape index (κ2) is 8.06. The molecule has 6 nitrogen and oxygen atoms in total. The first-order valence-electron chi connectivity index (χ1n) is 9.33. The maximum absolute atomic E-state index is 12.9. The number of likely N-dealkylation sites (N-methyl/N-ethyl adjacent to an activating group) is 1. The van der Waals surface area contributed by atoms with E-state index in [2.05, 4.69) is 15.1 Å². The summed E-state index contributed by atoms with van der Waals surface area (Å²) >= 11 is 0. The molecule has 2 atom stereocenters. The number of phenolic OH excluding ortho intramolecular Hbond substituents is 1. The molecule has 3 rings (SSSR count). The Morgan fingerprint density at radius 1 is 1.20 bits per heavy atom. The van der Waals surface area contributed by atoms with Crippen LogP contribution in [-0.2, 0) is 4.79 Å². The molecule has 2 saturated heterocycles. The zero-order valence-corrected chi connectivity index (χ0v) is 15.3. The molecule has 0 aliphatic carbocycles. The number of carbonyl (C=O) groups excluding carboxylic acids is 1. The van der Waals surface area contributed by atoms with E-state index in [-0.39, 0.29) is 11.9 Å². The molecule has 1 amide bonds. The van der Waals surface area contributed by atoms with Gasteiger partial charge in [-0.15, -0.1) is 0 Å². The number of carbonyl (C=O) groups is 1. The molecule has 2 fully saturated rings. The van der Waals surface area contributed by atoms with Crippen LogP contribution in [0.3, 0.4) is 0 Å². The highest BCUT2D eigenvalue weighted by Gasteiger charge is 2.31. The van der Waals surface area contributed by atoms with Crippen LogP contribution >= 0.6 is 0 Å². The lowest BCUT2D eigenvalue weighted by Gasteiger charge is -2.41. The minimum atomic E-state index is -0.0622. The fraction of sp³-hybridized carbons (Fsp3) is 0.632. The molecule has 2 aliphatic rings. The summed E-state index contributed by atoms with van der Waals surface area (Å²) in [6, 6.07) is 7.83. The molecule has 0 radical (unpaired) electrons. The summed E-state index contributed by atoms with van der Waals surface area (Å²) in [6.45, 7) is 6.92. The Labute approximate surface area is 150 Å². The largest absolute Gasteiger partial charge is 0.506 e. The third-order valence-electron chi connectivity index (χ3n) is 5.58. The van der Waals surface area contributed by atoms with E-state index in [1.165, 1.54) is 6.42 Å². The summed E-state index contributed by atoms with van der Waals surface area (Å²) in [7, 11) is 2.00. The second-order valence-corrected chi connectivity index (χ2v) is 7.10. The first-order chi connectivity index (χ1) is 12.1. The van der Waals surface area contributed by atoms with Crippen LogP contribution in [0, 0.1) is 0 Å². The van der Waals surface area contributed by atoms with Gasteiger partial charge >= 0.3 is 0 Å². The highest BCUT2D eigenvalue weighted by Crippen LogP contribution is 2.27. The van der Waals surface area contributed by atoms with Crippen molar-refractivity contribution >= 4 is 11.6 Å². The van der Waals surface area contributed by atoms with Crippen molar-refractivity contribution in [3.05, 3.63) is 24.3 Å². The number of hydrogen-bond donors (Lipinski definition) is 2. The molecule has 0 saturated carbocycles. The Kier molecular flexibility index (Phi) is 5.81. The lowest BCUT2D eigenvalue weighted by molar-refractivity contribution is -0.137.